The molecule has 4 atom stereocenters. The molecule has 3 aliphatic carbocycles. The van der Waals surface area contributed by atoms with E-state index in [0.717, 1.165) is 19.3 Å². The molecule has 0 aromatic rings. The van der Waals surface area contributed by atoms with Crippen LogP contribution in [0.2, 0.25) is 0 Å². The average Bonchev–Trinajstić information content (AvgIpc) is 2.43. The highest BCUT2D eigenvalue weighted by atomic mass is 16.6. The largest absolute Gasteiger partial charge is 0.463 e. The molecule has 3 rings (SSSR count). The van der Waals surface area contributed by atoms with Crippen LogP contribution in [-0.2, 0) is 14.3 Å². The maximum atomic E-state index is 11.9. The number of hydrogen-bond acceptors (Lipinski definition) is 4. The van der Waals surface area contributed by atoms with Crippen LogP contribution in [0.1, 0.15) is 60.8 Å². The van der Waals surface area contributed by atoms with Gasteiger partial charge >= 0.3 is 5.97 Å². The van der Waals surface area contributed by atoms with Gasteiger partial charge in [-0.25, -0.2) is 0 Å². The number of hydrogen-bond donors (Lipinski definition) is 1. The van der Waals surface area contributed by atoms with Crippen LogP contribution in [0.3, 0.4) is 0 Å². The lowest BCUT2D eigenvalue weighted by atomic mass is 9.43. The third kappa shape index (κ3) is 2.92. The Morgan fingerprint density at radius 2 is 1.86 bits per heavy atom. The zero-order chi connectivity index (χ0) is 16.8. The maximum absolute atomic E-state index is 11.9. The van der Waals surface area contributed by atoms with E-state index in [4.69, 9.17) is 9.47 Å². The zero-order valence-corrected chi connectivity index (χ0v) is 14.9. The Labute approximate surface area is 134 Å². The highest BCUT2D eigenvalue weighted by molar-refractivity contribution is 5.75. The van der Waals surface area contributed by atoms with E-state index in [1.165, 1.54) is 0 Å². The first-order valence-corrected chi connectivity index (χ1v) is 8.54. The molecular weight excluding hydrogens is 280 g/mol. The van der Waals surface area contributed by atoms with Crippen LogP contribution in [0.15, 0.2) is 0 Å². The Morgan fingerprint density at radius 1 is 1.23 bits per heavy atom. The van der Waals surface area contributed by atoms with Crippen molar-refractivity contribution in [3.05, 3.63) is 0 Å². The molecule has 3 fully saturated rings. The summed E-state index contributed by atoms with van der Waals surface area (Å²) in [4.78, 5) is 11.9. The Balaban J connectivity index is 1.78. The maximum Gasteiger partial charge on any atom is 0.311 e. The SMILES string of the molecule is CCC(C)(C)C(=O)OCCOC1CC2CC(C2(C)C)C1(C)O. The van der Waals surface area contributed by atoms with Gasteiger partial charge in [0.15, 0.2) is 0 Å². The highest BCUT2D eigenvalue weighted by Crippen LogP contribution is 2.63. The average molecular weight is 312 g/mol. The molecule has 2 bridgehead atoms. The van der Waals surface area contributed by atoms with E-state index >= 15 is 0 Å². The Kier molecular flexibility index (Phi) is 4.67. The topological polar surface area (TPSA) is 55.8 Å². The fourth-order valence-corrected chi connectivity index (χ4v) is 4.03. The van der Waals surface area contributed by atoms with Gasteiger partial charge in [-0.05, 0) is 57.3 Å². The van der Waals surface area contributed by atoms with Crippen LogP contribution in [-0.4, -0.2) is 36.0 Å². The van der Waals surface area contributed by atoms with Crippen LogP contribution in [0.4, 0.5) is 0 Å². The van der Waals surface area contributed by atoms with Crippen molar-refractivity contribution in [3.8, 4) is 0 Å². The molecule has 0 aromatic carbocycles. The molecule has 1 N–H and O–H groups in total. The van der Waals surface area contributed by atoms with Crippen LogP contribution >= 0.6 is 0 Å². The molecule has 4 heteroatoms. The molecule has 128 valence electrons. The summed E-state index contributed by atoms with van der Waals surface area (Å²) >= 11 is 0. The van der Waals surface area contributed by atoms with E-state index in [0.29, 0.717) is 18.4 Å². The van der Waals surface area contributed by atoms with Crippen molar-refractivity contribution >= 4 is 5.97 Å². The second kappa shape index (κ2) is 5.79. The Morgan fingerprint density at radius 3 is 2.36 bits per heavy atom. The molecule has 0 heterocycles. The van der Waals surface area contributed by atoms with E-state index in [1.54, 1.807) is 0 Å². The smallest absolute Gasteiger partial charge is 0.311 e. The molecule has 22 heavy (non-hydrogen) atoms. The van der Waals surface area contributed by atoms with Gasteiger partial charge in [-0.1, -0.05) is 20.8 Å². The number of esters is 1. The summed E-state index contributed by atoms with van der Waals surface area (Å²) in [7, 11) is 0. The second-order valence-corrected chi connectivity index (χ2v) is 8.50. The van der Waals surface area contributed by atoms with Crippen molar-refractivity contribution in [2.24, 2.45) is 22.7 Å². The van der Waals surface area contributed by atoms with Gasteiger partial charge in [0.2, 0.25) is 0 Å². The van der Waals surface area contributed by atoms with Gasteiger partial charge in [0.25, 0.3) is 0 Å². The summed E-state index contributed by atoms with van der Waals surface area (Å²) in [5.74, 6) is 0.743. The Bertz CT molecular complexity index is 425. The van der Waals surface area contributed by atoms with Gasteiger partial charge in [-0.15, -0.1) is 0 Å². The van der Waals surface area contributed by atoms with E-state index < -0.39 is 11.0 Å². The predicted octanol–water partition coefficient (Wildman–Crippen LogP) is 3.17. The number of carbonyl (C=O) groups is 1. The van der Waals surface area contributed by atoms with Crippen molar-refractivity contribution in [3.63, 3.8) is 0 Å². The molecule has 0 aromatic heterocycles. The van der Waals surface area contributed by atoms with Gasteiger partial charge in [0.1, 0.15) is 6.61 Å². The predicted molar refractivity (Wildman–Crippen MR) is 85.4 cm³/mol. The fraction of sp³-hybridized carbons (Fsp3) is 0.944. The second-order valence-electron chi connectivity index (χ2n) is 8.50. The van der Waals surface area contributed by atoms with Crippen LogP contribution in [0.25, 0.3) is 0 Å². The zero-order valence-electron chi connectivity index (χ0n) is 14.9. The molecule has 0 saturated heterocycles. The van der Waals surface area contributed by atoms with Gasteiger partial charge < -0.3 is 14.6 Å². The van der Waals surface area contributed by atoms with Crippen LogP contribution in [0.5, 0.6) is 0 Å². The summed E-state index contributed by atoms with van der Waals surface area (Å²) in [6, 6.07) is 0. The summed E-state index contributed by atoms with van der Waals surface area (Å²) in [5.41, 5.74) is -1.02. The van der Waals surface area contributed by atoms with E-state index in [1.807, 2.05) is 27.7 Å². The molecular formula is C18H32O4. The molecule has 0 amide bonds. The van der Waals surface area contributed by atoms with Gasteiger partial charge in [-0.2, -0.15) is 0 Å². The summed E-state index contributed by atoms with van der Waals surface area (Å²) in [6.45, 7) is 12.7. The quantitative estimate of drug-likeness (QED) is 0.604. The van der Waals surface area contributed by atoms with Crippen molar-refractivity contribution in [2.45, 2.75) is 72.5 Å². The minimum absolute atomic E-state index is 0.151. The number of ether oxygens (including phenoxy) is 2. The standard InChI is InChI=1S/C18H32O4/c1-7-16(2,3)15(19)22-9-8-21-14-11-12-10-13(17(12,4)5)18(14,6)20/h12-14,20H,7-11H2,1-6H3. The monoisotopic (exact) mass is 312 g/mol. The number of fused-ring (bicyclic) bond motifs is 2. The minimum atomic E-state index is -0.787. The first kappa shape index (κ1) is 17.7. The third-order valence-corrected chi connectivity index (χ3v) is 6.40. The third-order valence-electron chi connectivity index (χ3n) is 6.40. The molecule has 0 aliphatic heterocycles. The molecule has 0 radical (unpaired) electrons. The van der Waals surface area contributed by atoms with E-state index in [9.17, 15) is 9.90 Å². The van der Waals surface area contributed by atoms with Gasteiger partial charge in [0, 0.05) is 0 Å². The minimum Gasteiger partial charge on any atom is -0.463 e. The first-order valence-electron chi connectivity index (χ1n) is 8.54. The summed E-state index contributed by atoms with van der Waals surface area (Å²) in [6.07, 6.45) is 2.59. The van der Waals surface area contributed by atoms with Gasteiger partial charge in [0.05, 0.1) is 23.7 Å². The number of carbonyl (C=O) groups excluding carboxylic acids is 1. The molecule has 4 unspecified atom stereocenters. The lowest BCUT2D eigenvalue weighted by Gasteiger charge is -2.64. The number of rotatable bonds is 6. The normalized spacial score (nSPS) is 36.6. The fourth-order valence-electron chi connectivity index (χ4n) is 4.03. The lowest BCUT2D eigenvalue weighted by molar-refractivity contribution is -0.258. The Hall–Kier alpha value is -0.610. The molecule has 0 spiro atoms. The van der Waals surface area contributed by atoms with E-state index in [-0.39, 0.29) is 24.1 Å². The van der Waals surface area contributed by atoms with Crippen molar-refractivity contribution in [2.75, 3.05) is 13.2 Å². The number of aliphatic hydroxyl groups is 1. The lowest BCUT2D eigenvalue weighted by Crippen LogP contribution is -2.67. The van der Waals surface area contributed by atoms with Crippen molar-refractivity contribution in [1.82, 2.24) is 0 Å². The molecule has 3 saturated carbocycles. The van der Waals surface area contributed by atoms with Crippen LogP contribution < -0.4 is 0 Å². The van der Waals surface area contributed by atoms with Crippen molar-refractivity contribution in [1.29, 1.82) is 0 Å². The van der Waals surface area contributed by atoms with E-state index in [2.05, 4.69) is 13.8 Å². The van der Waals surface area contributed by atoms with Crippen LogP contribution in [0, 0.1) is 22.7 Å². The highest BCUT2D eigenvalue weighted by Gasteiger charge is 2.63. The van der Waals surface area contributed by atoms with Gasteiger partial charge in [-0.3, -0.25) is 4.79 Å². The first-order chi connectivity index (χ1) is 10.0. The van der Waals surface area contributed by atoms with Crippen molar-refractivity contribution < 1.29 is 19.4 Å². The molecule has 3 aliphatic rings. The summed E-state index contributed by atoms with van der Waals surface area (Å²) < 4.78 is 11.2. The molecule has 4 nitrogen and oxygen atoms in total. The summed E-state index contributed by atoms with van der Waals surface area (Å²) in [5, 5.41) is 10.8.